The van der Waals surface area contributed by atoms with E-state index in [2.05, 4.69) is 15.5 Å². The number of azo groups is 1. The minimum atomic E-state index is 0.121. The highest BCUT2D eigenvalue weighted by molar-refractivity contribution is 5.86. The third-order valence-corrected chi connectivity index (χ3v) is 3.87. The molecule has 4 atom stereocenters. The lowest BCUT2D eigenvalue weighted by molar-refractivity contribution is -0.132. The molecule has 2 fully saturated rings. The van der Waals surface area contributed by atoms with Gasteiger partial charge in [0.2, 0.25) is 0 Å². The number of fused-ring (bicyclic) bond motifs is 2. The summed E-state index contributed by atoms with van der Waals surface area (Å²) in [5, 5.41) is 11.5. The molecule has 4 heteroatoms. The van der Waals surface area contributed by atoms with Crippen LogP contribution in [0.25, 0.3) is 0 Å². The van der Waals surface area contributed by atoms with E-state index in [1.54, 1.807) is 0 Å². The zero-order valence-corrected chi connectivity index (χ0v) is 8.15. The molecule has 3 rings (SSSR count). The first-order chi connectivity index (χ1) is 6.86. The molecule has 0 amide bonds. The number of hydrogen-bond acceptors (Lipinski definition) is 4. The Labute approximate surface area is 83.2 Å². The minimum absolute atomic E-state index is 0.121. The zero-order valence-electron chi connectivity index (χ0n) is 8.15. The Morgan fingerprint density at radius 2 is 2.29 bits per heavy atom. The Balaban J connectivity index is 1.84. The molecule has 1 aliphatic carbocycles. The normalized spacial score (nSPS) is 46.1. The summed E-state index contributed by atoms with van der Waals surface area (Å²) < 4.78 is 0. The van der Waals surface area contributed by atoms with Crippen molar-refractivity contribution in [3.63, 3.8) is 0 Å². The van der Waals surface area contributed by atoms with Gasteiger partial charge in [-0.1, -0.05) is 0 Å². The smallest absolute Gasteiger partial charge is 0.144 e. The van der Waals surface area contributed by atoms with Crippen molar-refractivity contribution < 1.29 is 4.79 Å². The van der Waals surface area contributed by atoms with Gasteiger partial charge in [-0.15, -0.1) is 0 Å². The van der Waals surface area contributed by atoms with Crippen LogP contribution in [0.15, 0.2) is 10.2 Å². The van der Waals surface area contributed by atoms with Crippen LogP contribution in [0.1, 0.15) is 12.8 Å². The molecule has 14 heavy (non-hydrogen) atoms. The first kappa shape index (κ1) is 8.53. The first-order valence-corrected chi connectivity index (χ1v) is 5.47. The Morgan fingerprint density at radius 3 is 3.21 bits per heavy atom. The Kier molecular flexibility index (Phi) is 1.90. The van der Waals surface area contributed by atoms with E-state index in [9.17, 15) is 4.79 Å². The maximum Gasteiger partial charge on any atom is 0.144 e. The molecule has 0 spiro atoms. The molecule has 0 aromatic carbocycles. The number of ketones is 1. The quantitative estimate of drug-likeness (QED) is 0.613. The summed E-state index contributed by atoms with van der Waals surface area (Å²) in [6, 6.07) is 0.224. The Morgan fingerprint density at radius 1 is 1.36 bits per heavy atom. The number of Topliss-reactive ketones (excluding diaryl/α,β-unsaturated/α-hetero) is 1. The van der Waals surface area contributed by atoms with Crippen LogP contribution in [0.3, 0.4) is 0 Å². The van der Waals surface area contributed by atoms with Gasteiger partial charge in [0.05, 0.1) is 18.5 Å². The molecule has 1 saturated heterocycles. The van der Waals surface area contributed by atoms with E-state index < -0.39 is 0 Å². The van der Waals surface area contributed by atoms with Gasteiger partial charge in [-0.3, -0.25) is 4.79 Å². The molecule has 0 radical (unpaired) electrons. The van der Waals surface area contributed by atoms with E-state index in [1.165, 1.54) is 0 Å². The van der Waals surface area contributed by atoms with Crippen LogP contribution in [-0.2, 0) is 4.79 Å². The van der Waals surface area contributed by atoms with E-state index in [-0.39, 0.29) is 17.9 Å². The monoisotopic (exact) mass is 193 g/mol. The summed E-state index contributed by atoms with van der Waals surface area (Å²) in [4.78, 5) is 12.1. The van der Waals surface area contributed by atoms with E-state index in [1.807, 2.05) is 0 Å². The highest BCUT2D eigenvalue weighted by Gasteiger charge is 2.46. The molecular formula is C10H15N3O. The highest BCUT2D eigenvalue weighted by Crippen LogP contribution is 2.38. The molecular weight excluding hydrogens is 178 g/mol. The number of carbonyl (C=O) groups excluding carboxylic acids is 1. The van der Waals surface area contributed by atoms with Crippen molar-refractivity contribution in [3.05, 3.63) is 0 Å². The van der Waals surface area contributed by atoms with Crippen molar-refractivity contribution in [1.82, 2.24) is 5.32 Å². The van der Waals surface area contributed by atoms with Crippen molar-refractivity contribution in [2.75, 3.05) is 19.6 Å². The number of hydrogen-bond donors (Lipinski definition) is 1. The van der Waals surface area contributed by atoms with Crippen molar-refractivity contribution in [3.8, 4) is 0 Å². The second kappa shape index (κ2) is 3.12. The van der Waals surface area contributed by atoms with Crippen LogP contribution in [0.2, 0.25) is 0 Å². The lowest BCUT2D eigenvalue weighted by Gasteiger charge is -2.38. The number of rotatable bonds is 0. The van der Waals surface area contributed by atoms with E-state index in [0.717, 1.165) is 25.9 Å². The second-order valence-corrected chi connectivity index (χ2v) is 4.61. The van der Waals surface area contributed by atoms with E-state index in [0.29, 0.717) is 18.2 Å². The minimum Gasteiger partial charge on any atom is -0.316 e. The van der Waals surface area contributed by atoms with Gasteiger partial charge < -0.3 is 5.32 Å². The number of carbonyl (C=O) groups is 1. The van der Waals surface area contributed by atoms with Crippen molar-refractivity contribution in [1.29, 1.82) is 0 Å². The maximum atomic E-state index is 12.1. The highest BCUT2D eigenvalue weighted by atomic mass is 16.1. The standard InChI is InChI=1S/C10H15N3O/c14-10-7-4-11-2-1-6(7)3-9-8(10)5-12-13-9/h6-9,11H,1-5H2. The van der Waals surface area contributed by atoms with Gasteiger partial charge in [0.25, 0.3) is 0 Å². The molecule has 4 unspecified atom stereocenters. The Bertz CT molecular complexity index is 289. The first-order valence-electron chi connectivity index (χ1n) is 5.47. The van der Waals surface area contributed by atoms with Crippen molar-refractivity contribution >= 4 is 5.78 Å². The molecule has 4 nitrogen and oxygen atoms in total. The van der Waals surface area contributed by atoms with Gasteiger partial charge in [0.1, 0.15) is 5.78 Å². The predicted octanol–water partition coefficient (Wildman–Crippen LogP) is 0.635. The third-order valence-electron chi connectivity index (χ3n) is 3.87. The Hall–Kier alpha value is -0.770. The fourth-order valence-electron chi connectivity index (χ4n) is 3.05. The second-order valence-electron chi connectivity index (χ2n) is 4.61. The topological polar surface area (TPSA) is 53.8 Å². The molecule has 2 aliphatic heterocycles. The summed E-state index contributed by atoms with van der Waals surface area (Å²) in [7, 11) is 0. The summed E-state index contributed by atoms with van der Waals surface area (Å²) in [5.41, 5.74) is 0. The van der Waals surface area contributed by atoms with Crippen molar-refractivity contribution in [2.45, 2.75) is 18.9 Å². The molecule has 76 valence electrons. The van der Waals surface area contributed by atoms with Crippen LogP contribution in [0.5, 0.6) is 0 Å². The number of nitrogens with zero attached hydrogens (tertiary/aromatic N) is 2. The third kappa shape index (κ3) is 1.13. The lowest BCUT2D eigenvalue weighted by atomic mass is 9.68. The number of piperidine rings is 1. The van der Waals surface area contributed by atoms with Crippen molar-refractivity contribution in [2.24, 2.45) is 28.0 Å². The number of nitrogens with one attached hydrogen (secondary N) is 1. The van der Waals surface area contributed by atoms with E-state index >= 15 is 0 Å². The van der Waals surface area contributed by atoms with Gasteiger partial charge in [0, 0.05) is 12.5 Å². The summed E-state index contributed by atoms with van der Waals surface area (Å²) >= 11 is 0. The average molecular weight is 193 g/mol. The fraction of sp³-hybridized carbons (Fsp3) is 0.900. The molecule has 1 N–H and O–H groups in total. The van der Waals surface area contributed by atoms with Crippen LogP contribution in [0.4, 0.5) is 0 Å². The van der Waals surface area contributed by atoms with Crippen LogP contribution in [0, 0.1) is 17.8 Å². The molecule has 0 aromatic heterocycles. The van der Waals surface area contributed by atoms with Gasteiger partial charge >= 0.3 is 0 Å². The average Bonchev–Trinajstić information content (AvgIpc) is 2.66. The van der Waals surface area contributed by atoms with Gasteiger partial charge in [-0.25, -0.2) is 0 Å². The van der Waals surface area contributed by atoms with Crippen LogP contribution < -0.4 is 5.32 Å². The zero-order chi connectivity index (χ0) is 9.54. The largest absolute Gasteiger partial charge is 0.316 e. The van der Waals surface area contributed by atoms with Gasteiger partial charge in [-0.2, -0.15) is 10.2 Å². The molecule has 0 bridgehead atoms. The summed E-state index contributed by atoms with van der Waals surface area (Å²) in [6.07, 6.45) is 2.22. The van der Waals surface area contributed by atoms with Gasteiger partial charge in [-0.05, 0) is 25.3 Å². The SMILES string of the molecule is O=C1C2CNCCC2CC2N=NCC12. The fourth-order valence-corrected chi connectivity index (χ4v) is 3.05. The van der Waals surface area contributed by atoms with Gasteiger partial charge in [0.15, 0.2) is 0 Å². The molecule has 3 aliphatic rings. The molecule has 2 heterocycles. The lowest BCUT2D eigenvalue weighted by Crippen LogP contribution is -2.50. The van der Waals surface area contributed by atoms with E-state index in [4.69, 9.17) is 0 Å². The summed E-state index contributed by atoms with van der Waals surface area (Å²) in [5.74, 6) is 1.37. The molecule has 1 saturated carbocycles. The van der Waals surface area contributed by atoms with Crippen LogP contribution >= 0.6 is 0 Å². The van der Waals surface area contributed by atoms with Crippen LogP contribution in [-0.4, -0.2) is 31.5 Å². The summed E-state index contributed by atoms with van der Waals surface area (Å²) in [6.45, 7) is 2.59. The molecule has 0 aromatic rings. The predicted molar refractivity (Wildman–Crippen MR) is 51.1 cm³/mol. The maximum absolute atomic E-state index is 12.1.